The fourth-order valence-electron chi connectivity index (χ4n) is 3.21. The summed E-state index contributed by atoms with van der Waals surface area (Å²) in [4.78, 5) is 0. The van der Waals surface area contributed by atoms with Crippen LogP contribution in [0.1, 0.15) is 31.2 Å². The summed E-state index contributed by atoms with van der Waals surface area (Å²) >= 11 is 0. The molecule has 0 aromatic heterocycles. The van der Waals surface area contributed by atoms with Crippen LogP contribution in [0.2, 0.25) is 0 Å². The molecule has 0 saturated heterocycles. The number of benzene rings is 1. The molecule has 2 aliphatic carbocycles. The van der Waals surface area contributed by atoms with Gasteiger partial charge in [-0.1, -0.05) is 48.0 Å². The molecule has 88 valence electrons. The minimum Gasteiger partial charge on any atom is -0.411 e. The number of hydrogen-bond acceptors (Lipinski definition) is 2. The predicted molar refractivity (Wildman–Crippen MR) is 69.1 cm³/mol. The van der Waals surface area contributed by atoms with Crippen LogP contribution in [0.3, 0.4) is 0 Å². The molecule has 2 heteroatoms. The average molecular weight is 227 g/mol. The summed E-state index contributed by atoms with van der Waals surface area (Å²) in [6.45, 7) is 0. The topological polar surface area (TPSA) is 32.6 Å². The second kappa shape index (κ2) is 4.36. The van der Waals surface area contributed by atoms with Crippen molar-refractivity contribution >= 4 is 11.3 Å². The fourth-order valence-corrected chi connectivity index (χ4v) is 3.21. The van der Waals surface area contributed by atoms with E-state index in [-0.39, 0.29) is 0 Å². The van der Waals surface area contributed by atoms with E-state index < -0.39 is 0 Å². The van der Waals surface area contributed by atoms with Crippen LogP contribution < -0.4 is 0 Å². The first-order chi connectivity index (χ1) is 8.40. The first-order valence-corrected chi connectivity index (χ1v) is 6.37. The maximum Gasteiger partial charge on any atom is 0.0679 e. The molecule has 2 nitrogen and oxygen atoms in total. The molecule has 2 atom stereocenters. The van der Waals surface area contributed by atoms with E-state index in [4.69, 9.17) is 0 Å². The highest BCUT2D eigenvalue weighted by atomic mass is 16.4. The van der Waals surface area contributed by atoms with Gasteiger partial charge in [-0.25, -0.2) is 0 Å². The normalized spacial score (nSPS) is 30.1. The standard InChI is InChI=1S/C15H17NO/c17-16-15-12-7-4-8-14(15)13(10-9-12)11-5-2-1-3-6-11/h1-3,5-6,10,12,14,17H,4,7-9H2. The van der Waals surface area contributed by atoms with Crippen molar-refractivity contribution in [2.24, 2.45) is 17.0 Å². The third-order valence-corrected chi connectivity index (χ3v) is 4.04. The van der Waals surface area contributed by atoms with E-state index in [1.807, 2.05) is 6.07 Å². The largest absolute Gasteiger partial charge is 0.411 e. The molecule has 2 unspecified atom stereocenters. The number of rotatable bonds is 1. The van der Waals surface area contributed by atoms with Crippen LogP contribution >= 0.6 is 0 Å². The fraction of sp³-hybridized carbons (Fsp3) is 0.400. The van der Waals surface area contributed by atoms with E-state index >= 15 is 0 Å². The molecule has 0 amide bonds. The van der Waals surface area contributed by atoms with E-state index in [2.05, 4.69) is 35.5 Å². The van der Waals surface area contributed by atoms with Crippen molar-refractivity contribution in [1.82, 2.24) is 0 Å². The van der Waals surface area contributed by atoms with E-state index in [9.17, 15) is 5.21 Å². The summed E-state index contributed by atoms with van der Waals surface area (Å²) in [5.74, 6) is 0.820. The van der Waals surface area contributed by atoms with Gasteiger partial charge in [-0.05, 0) is 30.4 Å². The van der Waals surface area contributed by atoms with Crippen molar-refractivity contribution in [2.45, 2.75) is 25.7 Å². The first kappa shape index (κ1) is 10.6. The van der Waals surface area contributed by atoms with Gasteiger partial charge in [0.05, 0.1) is 5.71 Å². The number of hydrogen-bond donors (Lipinski definition) is 1. The average Bonchev–Trinajstić information content (AvgIpc) is 2.39. The van der Waals surface area contributed by atoms with Gasteiger partial charge in [0.15, 0.2) is 0 Å². The second-order valence-electron chi connectivity index (χ2n) is 4.97. The quantitative estimate of drug-likeness (QED) is 0.575. The Kier molecular flexibility index (Phi) is 2.71. The molecule has 0 heterocycles. The summed E-state index contributed by atoms with van der Waals surface area (Å²) in [5.41, 5.74) is 3.64. The SMILES string of the molecule is ON=C1C2CC=C(c3ccccc3)C1CCC2. The zero-order chi connectivity index (χ0) is 11.7. The van der Waals surface area contributed by atoms with Crippen molar-refractivity contribution in [3.63, 3.8) is 0 Å². The molecule has 2 aliphatic rings. The summed E-state index contributed by atoms with van der Waals surface area (Å²) in [6, 6.07) is 10.5. The van der Waals surface area contributed by atoms with Crippen LogP contribution in [0.15, 0.2) is 41.6 Å². The van der Waals surface area contributed by atoms with Crippen molar-refractivity contribution in [3.05, 3.63) is 42.0 Å². The van der Waals surface area contributed by atoms with Gasteiger partial charge < -0.3 is 5.21 Å². The predicted octanol–water partition coefficient (Wildman–Crippen LogP) is 3.72. The molecule has 2 bridgehead atoms. The Morgan fingerprint density at radius 2 is 1.94 bits per heavy atom. The molecule has 1 fully saturated rings. The lowest BCUT2D eigenvalue weighted by Gasteiger charge is -2.35. The molecule has 17 heavy (non-hydrogen) atoms. The van der Waals surface area contributed by atoms with Crippen LogP contribution in [0.5, 0.6) is 0 Å². The number of fused-ring (bicyclic) bond motifs is 2. The Bertz CT molecular complexity index is 461. The highest BCUT2D eigenvalue weighted by Gasteiger charge is 2.35. The van der Waals surface area contributed by atoms with Crippen LogP contribution in [-0.2, 0) is 0 Å². The number of allylic oxidation sites excluding steroid dienone is 2. The molecular formula is C15H17NO. The van der Waals surface area contributed by atoms with Crippen molar-refractivity contribution < 1.29 is 5.21 Å². The highest BCUT2D eigenvalue weighted by molar-refractivity contribution is 6.00. The van der Waals surface area contributed by atoms with Gasteiger partial charge in [0.25, 0.3) is 0 Å². The Hall–Kier alpha value is -1.57. The number of oxime groups is 1. The van der Waals surface area contributed by atoms with Gasteiger partial charge >= 0.3 is 0 Å². The van der Waals surface area contributed by atoms with Gasteiger partial charge in [0.1, 0.15) is 0 Å². The zero-order valence-electron chi connectivity index (χ0n) is 9.84. The smallest absolute Gasteiger partial charge is 0.0679 e. The summed E-state index contributed by atoms with van der Waals surface area (Å²) in [6.07, 6.45) is 6.92. The molecular weight excluding hydrogens is 210 g/mol. The third-order valence-electron chi connectivity index (χ3n) is 4.04. The highest BCUT2D eigenvalue weighted by Crippen LogP contribution is 2.41. The molecule has 1 aromatic rings. The Balaban J connectivity index is 2.01. The number of nitrogens with zero attached hydrogens (tertiary/aromatic N) is 1. The molecule has 1 aromatic carbocycles. The van der Waals surface area contributed by atoms with Gasteiger partial charge in [0.2, 0.25) is 0 Å². The van der Waals surface area contributed by atoms with Crippen LogP contribution in [0.4, 0.5) is 0 Å². The lowest BCUT2D eigenvalue weighted by atomic mass is 9.69. The molecule has 0 aliphatic heterocycles. The van der Waals surface area contributed by atoms with E-state index in [0.29, 0.717) is 11.8 Å². The summed E-state index contributed by atoms with van der Waals surface area (Å²) in [5, 5.41) is 12.8. The minimum atomic E-state index is 0.342. The van der Waals surface area contributed by atoms with Crippen LogP contribution in [0.25, 0.3) is 5.57 Å². The minimum absolute atomic E-state index is 0.342. The Labute approximate surface area is 102 Å². The van der Waals surface area contributed by atoms with E-state index in [1.165, 1.54) is 24.0 Å². The van der Waals surface area contributed by atoms with E-state index in [0.717, 1.165) is 18.6 Å². The van der Waals surface area contributed by atoms with Crippen LogP contribution in [-0.4, -0.2) is 10.9 Å². The lowest BCUT2D eigenvalue weighted by Crippen LogP contribution is -2.32. The lowest BCUT2D eigenvalue weighted by molar-refractivity contribution is 0.304. The Morgan fingerprint density at radius 3 is 2.71 bits per heavy atom. The molecule has 0 spiro atoms. The molecule has 1 saturated carbocycles. The van der Waals surface area contributed by atoms with Gasteiger partial charge in [-0.3, -0.25) is 0 Å². The van der Waals surface area contributed by atoms with Crippen molar-refractivity contribution in [2.75, 3.05) is 0 Å². The third kappa shape index (κ3) is 1.78. The zero-order valence-corrected chi connectivity index (χ0v) is 9.84. The molecule has 3 rings (SSSR count). The molecule has 1 N–H and O–H groups in total. The molecule has 0 radical (unpaired) electrons. The monoisotopic (exact) mass is 227 g/mol. The van der Waals surface area contributed by atoms with Gasteiger partial charge in [-0.15, -0.1) is 0 Å². The summed E-state index contributed by atoms with van der Waals surface area (Å²) in [7, 11) is 0. The first-order valence-electron chi connectivity index (χ1n) is 6.37. The van der Waals surface area contributed by atoms with Gasteiger partial charge in [-0.2, -0.15) is 0 Å². The van der Waals surface area contributed by atoms with Crippen molar-refractivity contribution in [3.8, 4) is 0 Å². The maximum atomic E-state index is 9.22. The second-order valence-corrected chi connectivity index (χ2v) is 4.97. The van der Waals surface area contributed by atoms with Gasteiger partial charge in [0, 0.05) is 11.8 Å². The Morgan fingerprint density at radius 1 is 1.12 bits per heavy atom. The summed E-state index contributed by atoms with van der Waals surface area (Å²) < 4.78 is 0. The van der Waals surface area contributed by atoms with Crippen LogP contribution in [0, 0.1) is 11.8 Å². The van der Waals surface area contributed by atoms with E-state index in [1.54, 1.807) is 0 Å². The van der Waals surface area contributed by atoms with Crippen molar-refractivity contribution in [1.29, 1.82) is 0 Å². The maximum absolute atomic E-state index is 9.22.